The fourth-order valence-corrected chi connectivity index (χ4v) is 3.62. The van der Waals surface area contributed by atoms with Crippen LogP contribution in [0.15, 0.2) is 24.3 Å². The van der Waals surface area contributed by atoms with Crippen LogP contribution < -0.4 is 0 Å². The molecule has 0 aromatic heterocycles. The predicted octanol–water partition coefficient (Wildman–Crippen LogP) is 0.752. The van der Waals surface area contributed by atoms with Crippen LogP contribution in [0.1, 0.15) is 47.5 Å². The molecule has 1 rings (SSSR count). The molecule has 0 aliphatic carbocycles. The second-order valence-electron chi connectivity index (χ2n) is 10.5. The third kappa shape index (κ3) is 20.4. The molecule has 0 spiro atoms. The molecule has 2 amide bonds. The quantitative estimate of drug-likeness (QED) is 0.0910. The van der Waals surface area contributed by atoms with Crippen LogP contribution in [0.25, 0.3) is 0 Å². The standard InChI is InChI=1S/C16H23NO7.C15H25NO7/c1-16(2,3)24-15(21)11-6-5-9-17(11)12(18)10-23-14(20)8-7-13(19)22-4;1-4-21-10-8-16(9-11-22-5-2)13(17)12-23-15(19)7-6-14(18)20-3/h7-8,11H,5-6,9-10H2,1-4H3;6-7H,4-5,8-12H2,1-3H3/b8-7+;7-6+. The fraction of sp³-hybridized carbons (Fsp3) is 0.645. The zero-order valence-electron chi connectivity index (χ0n) is 28.3. The van der Waals surface area contributed by atoms with E-state index in [1.807, 2.05) is 13.8 Å². The van der Waals surface area contributed by atoms with Gasteiger partial charge < -0.3 is 43.0 Å². The van der Waals surface area contributed by atoms with E-state index in [4.69, 9.17) is 23.7 Å². The molecule has 0 aromatic rings. The number of ether oxygens (including phenoxy) is 7. The molecule has 1 saturated heterocycles. The summed E-state index contributed by atoms with van der Waals surface area (Å²) < 4.78 is 34.0. The van der Waals surface area contributed by atoms with Gasteiger partial charge >= 0.3 is 29.8 Å². The Labute approximate surface area is 275 Å². The highest BCUT2D eigenvalue weighted by molar-refractivity contribution is 5.93. The van der Waals surface area contributed by atoms with E-state index in [1.165, 1.54) is 24.0 Å². The summed E-state index contributed by atoms with van der Waals surface area (Å²) in [6, 6.07) is -0.666. The Hall–Kier alpha value is -4.31. The highest BCUT2D eigenvalue weighted by atomic mass is 16.6. The van der Waals surface area contributed by atoms with E-state index >= 15 is 0 Å². The zero-order valence-corrected chi connectivity index (χ0v) is 28.3. The number of hydrogen-bond donors (Lipinski definition) is 0. The van der Waals surface area contributed by atoms with Gasteiger partial charge in [-0.15, -0.1) is 0 Å². The zero-order chi connectivity index (χ0) is 35.8. The number of methoxy groups -OCH3 is 2. The van der Waals surface area contributed by atoms with Gasteiger partial charge in [-0.2, -0.15) is 0 Å². The molecule has 1 aliphatic heterocycles. The maximum Gasteiger partial charge on any atom is 0.331 e. The molecule has 16 nitrogen and oxygen atoms in total. The van der Waals surface area contributed by atoms with Crippen molar-refractivity contribution in [3.63, 3.8) is 0 Å². The van der Waals surface area contributed by atoms with Gasteiger partial charge in [0, 0.05) is 57.2 Å². The second-order valence-corrected chi connectivity index (χ2v) is 10.5. The van der Waals surface area contributed by atoms with Gasteiger partial charge in [0.05, 0.1) is 27.4 Å². The molecule has 0 aromatic carbocycles. The molecule has 1 heterocycles. The van der Waals surface area contributed by atoms with E-state index in [-0.39, 0.29) is 5.91 Å². The average molecular weight is 673 g/mol. The lowest BCUT2D eigenvalue weighted by molar-refractivity contribution is -0.164. The Morgan fingerprint density at radius 2 is 1.21 bits per heavy atom. The molecule has 16 heteroatoms. The summed E-state index contributed by atoms with van der Waals surface area (Å²) in [7, 11) is 2.36. The van der Waals surface area contributed by atoms with Crippen LogP contribution in [-0.2, 0) is 66.7 Å². The van der Waals surface area contributed by atoms with Crippen LogP contribution in [0, 0.1) is 0 Å². The summed E-state index contributed by atoms with van der Waals surface area (Å²) in [6.07, 6.45) is 4.78. The van der Waals surface area contributed by atoms with Gasteiger partial charge in [0.2, 0.25) is 0 Å². The SMILES string of the molecule is CCOCCN(CCOCC)C(=O)COC(=O)/C=C/C(=O)OC.COC(=O)/C=C/C(=O)OCC(=O)N1CCCC1C(=O)OC(C)(C)C. The number of nitrogens with zero attached hydrogens (tertiary/aromatic N) is 2. The molecular formula is C31H48N2O14. The third-order valence-electron chi connectivity index (χ3n) is 5.81. The maximum atomic E-state index is 12.1. The fourth-order valence-electron chi connectivity index (χ4n) is 3.62. The second kappa shape index (κ2) is 23.9. The first kappa shape index (κ1) is 42.7. The number of carbonyl (C=O) groups is 7. The van der Waals surface area contributed by atoms with Gasteiger partial charge in [0.15, 0.2) is 13.2 Å². The Morgan fingerprint density at radius 3 is 1.66 bits per heavy atom. The first-order chi connectivity index (χ1) is 22.2. The summed E-state index contributed by atoms with van der Waals surface area (Å²) in [4.78, 5) is 83.7. The molecule has 1 atom stereocenters. The molecule has 1 aliphatic rings. The lowest BCUT2D eigenvalue weighted by atomic mass is 10.1. The Morgan fingerprint density at radius 1 is 0.745 bits per heavy atom. The highest BCUT2D eigenvalue weighted by Gasteiger charge is 2.37. The summed E-state index contributed by atoms with van der Waals surface area (Å²) >= 11 is 0. The van der Waals surface area contributed by atoms with E-state index in [1.54, 1.807) is 20.8 Å². The lowest BCUT2D eigenvalue weighted by Gasteiger charge is -2.27. The van der Waals surface area contributed by atoms with Crippen molar-refractivity contribution in [2.75, 3.05) is 73.5 Å². The minimum atomic E-state index is -0.846. The Kier molecular flexibility index (Phi) is 21.7. The molecule has 0 saturated carbocycles. The van der Waals surface area contributed by atoms with Crippen LogP contribution in [0.2, 0.25) is 0 Å². The number of likely N-dealkylation sites (tertiary alicyclic amines) is 1. The van der Waals surface area contributed by atoms with Crippen LogP contribution in [-0.4, -0.2) is 137 Å². The first-order valence-electron chi connectivity index (χ1n) is 15.0. The molecule has 0 N–H and O–H groups in total. The number of hydrogen-bond acceptors (Lipinski definition) is 14. The first-order valence-corrected chi connectivity index (χ1v) is 15.0. The van der Waals surface area contributed by atoms with Crippen LogP contribution in [0.4, 0.5) is 0 Å². The van der Waals surface area contributed by atoms with Crippen molar-refractivity contribution in [2.24, 2.45) is 0 Å². The van der Waals surface area contributed by atoms with Crippen LogP contribution >= 0.6 is 0 Å². The largest absolute Gasteiger partial charge is 0.466 e. The molecule has 47 heavy (non-hydrogen) atoms. The van der Waals surface area contributed by atoms with Gasteiger partial charge in [-0.05, 0) is 47.5 Å². The normalized spacial score (nSPS) is 14.2. The molecular weight excluding hydrogens is 624 g/mol. The number of carbonyl (C=O) groups excluding carboxylic acids is 7. The van der Waals surface area contributed by atoms with Crippen molar-refractivity contribution < 1.29 is 66.7 Å². The van der Waals surface area contributed by atoms with Crippen LogP contribution in [0.3, 0.4) is 0 Å². The monoisotopic (exact) mass is 672 g/mol. The molecule has 1 unspecified atom stereocenters. The minimum absolute atomic E-state index is 0.357. The molecule has 1 fully saturated rings. The Balaban J connectivity index is 0.000000902. The van der Waals surface area contributed by atoms with E-state index in [0.717, 1.165) is 24.3 Å². The summed E-state index contributed by atoms with van der Waals surface area (Å²) in [5.41, 5.74) is -0.639. The summed E-state index contributed by atoms with van der Waals surface area (Å²) in [6.45, 7) is 11.1. The van der Waals surface area contributed by atoms with Crippen molar-refractivity contribution in [1.82, 2.24) is 9.80 Å². The summed E-state index contributed by atoms with van der Waals surface area (Å²) in [5, 5.41) is 0. The minimum Gasteiger partial charge on any atom is -0.466 e. The van der Waals surface area contributed by atoms with Crippen molar-refractivity contribution in [3.8, 4) is 0 Å². The third-order valence-corrected chi connectivity index (χ3v) is 5.81. The van der Waals surface area contributed by atoms with Gasteiger partial charge in [-0.25, -0.2) is 24.0 Å². The average Bonchev–Trinajstić information content (AvgIpc) is 3.53. The number of amides is 2. The van der Waals surface area contributed by atoms with E-state index in [2.05, 4.69) is 9.47 Å². The van der Waals surface area contributed by atoms with Crippen molar-refractivity contribution in [1.29, 1.82) is 0 Å². The number of esters is 5. The Bertz CT molecular complexity index is 1090. The molecule has 0 bridgehead atoms. The van der Waals surface area contributed by atoms with Crippen LogP contribution in [0.5, 0.6) is 0 Å². The molecule has 266 valence electrons. The lowest BCUT2D eigenvalue weighted by Crippen LogP contribution is -2.45. The summed E-state index contributed by atoms with van der Waals surface area (Å²) in [5.74, 6) is -4.33. The van der Waals surface area contributed by atoms with Crippen molar-refractivity contribution in [2.45, 2.75) is 59.1 Å². The van der Waals surface area contributed by atoms with Crippen molar-refractivity contribution in [3.05, 3.63) is 24.3 Å². The van der Waals surface area contributed by atoms with Gasteiger partial charge in [0.1, 0.15) is 11.6 Å². The highest BCUT2D eigenvalue weighted by Crippen LogP contribution is 2.21. The van der Waals surface area contributed by atoms with E-state index in [9.17, 15) is 33.6 Å². The predicted molar refractivity (Wildman–Crippen MR) is 164 cm³/mol. The van der Waals surface area contributed by atoms with Gasteiger partial charge in [-0.1, -0.05) is 0 Å². The van der Waals surface area contributed by atoms with E-state index < -0.39 is 60.6 Å². The van der Waals surface area contributed by atoms with Gasteiger partial charge in [-0.3, -0.25) is 9.59 Å². The smallest absolute Gasteiger partial charge is 0.331 e. The molecule has 0 radical (unpaired) electrons. The van der Waals surface area contributed by atoms with E-state index in [0.29, 0.717) is 58.9 Å². The number of rotatable bonds is 17. The topological polar surface area (TPSA) is 191 Å². The van der Waals surface area contributed by atoms with Crippen molar-refractivity contribution >= 4 is 41.7 Å². The van der Waals surface area contributed by atoms with Gasteiger partial charge in [0.25, 0.3) is 11.8 Å². The maximum absolute atomic E-state index is 12.1.